The second kappa shape index (κ2) is 4.81. The molecule has 1 N–H and O–H groups in total. The lowest BCUT2D eigenvalue weighted by Crippen LogP contribution is -2.44. The van der Waals surface area contributed by atoms with Gasteiger partial charge in [0.2, 0.25) is 0 Å². The van der Waals surface area contributed by atoms with Crippen molar-refractivity contribution in [2.24, 2.45) is 0 Å². The standard InChI is InChI=1S/C10H16N4S/c1-8-7-12-10(15-2)13-9(8)14-5-3-11-4-6-14/h7,11H,3-6H2,1-2H3. The van der Waals surface area contributed by atoms with Crippen molar-refractivity contribution < 1.29 is 0 Å². The van der Waals surface area contributed by atoms with Crippen LogP contribution in [0.3, 0.4) is 0 Å². The lowest BCUT2D eigenvalue weighted by Gasteiger charge is -2.29. The number of nitrogens with zero attached hydrogens (tertiary/aromatic N) is 3. The molecule has 0 aromatic carbocycles. The SMILES string of the molecule is CSc1ncc(C)c(N2CCNCC2)n1. The highest BCUT2D eigenvalue weighted by Gasteiger charge is 2.14. The highest BCUT2D eigenvalue weighted by atomic mass is 32.2. The fourth-order valence-electron chi connectivity index (χ4n) is 1.71. The number of hydrogen-bond acceptors (Lipinski definition) is 5. The molecule has 1 aromatic rings. The lowest BCUT2D eigenvalue weighted by atomic mass is 10.3. The molecule has 15 heavy (non-hydrogen) atoms. The molecule has 2 heterocycles. The first-order valence-corrected chi connectivity index (χ1v) is 6.37. The van der Waals surface area contributed by atoms with E-state index in [1.54, 1.807) is 11.8 Å². The molecular formula is C10H16N4S. The summed E-state index contributed by atoms with van der Waals surface area (Å²) < 4.78 is 0. The highest BCUT2D eigenvalue weighted by molar-refractivity contribution is 7.98. The average Bonchev–Trinajstić information content (AvgIpc) is 2.31. The predicted octanol–water partition coefficient (Wildman–Crippen LogP) is 0.917. The van der Waals surface area contributed by atoms with Crippen LogP contribution < -0.4 is 10.2 Å². The van der Waals surface area contributed by atoms with Crippen molar-refractivity contribution in [2.45, 2.75) is 12.1 Å². The van der Waals surface area contributed by atoms with Crippen LogP contribution in [0.25, 0.3) is 0 Å². The minimum absolute atomic E-state index is 0.856. The molecule has 0 amide bonds. The summed E-state index contributed by atoms with van der Waals surface area (Å²) in [5.74, 6) is 1.09. The first-order valence-electron chi connectivity index (χ1n) is 5.14. The van der Waals surface area contributed by atoms with E-state index in [0.717, 1.165) is 42.7 Å². The van der Waals surface area contributed by atoms with E-state index in [1.165, 1.54) is 0 Å². The largest absolute Gasteiger partial charge is 0.354 e. The number of hydrogen-bond donors (Lipinski definition) is 1. The molecule has 1 aromatic heterocycles. The Bertz CT molecular complexity index is 336. The molecule has 0 aliphatic carbocycles. The summed E-state index contributed by atoms with van der Waals surface area (Å²) in [5.41, 5.74) is 1.16. The summed E-state index contributed by atoms with van der Waals surface area (Å²) in [6.45, 7) is 6.22. The number of aryl methyl sites for hydroxylation is 1. The van der Waals surface area contributed by atoms with E-state index >= 15 is 0 Å². The molecule has 0 spiro atoms. The van der Waals surface area contributed by atoms with Crippen LogP contribution in [0.5, 0.6) is 0 Å². The maximum atomic E-state index is 4.56. The van der Waals surface area contributed by atoms with Gasteiger partial charge in [-0.15, -0.1) is 0 Å². The molecule has 1 saturated heterocycles. The molecule has 0 atom stereocenters. The highest BCUT2D eigenvalue weighted by Crippen LogP contribution is 2.19. The van der Waals surface area contributed by atoms with Crippen molar-refractivity contribution in [3.63, 3.8) is 0 Å². The molecule has 0 saturated carbocycles. The van der Waals surface area contributed by atoms with Crippen LogP contribution in [0.2, 0.25) is 0 Å². The number of nitrogens with one attached hydrogen (secondary N) is 1. The van der Waals surface area contributed by atoms with Crippen molar-refractivity contribution in [1.29, 1.82) is 0 Å². The second-order valence-electron chi connectivity index (χ2n) is 3.60. The van der Waals surface area contributed by atoms with E-state index in [0.29, 0.717) is 0 Å². The van der Waals surface area contributed by atoms with Gasteiger partial charge in [0.25, 0.3) is 0 Å². The van der Waals surface area contributed by atoms with Gasteiger partial charge in [0.1, 0.15) is 5.82 Å². The summed E-state index contributed by atoms with van der Waals surface area (Å²) in [6, 6.07) is 0. The van der Waals surface area contributed by atoms with Gasteiger partial charge in [-0.25, -0.2) is 9.97 Å². The Hall–Kier alpha value is -0.810. The van der Waals surface area contributed by atoms with Crippen LogP contribution >= 0.6 is 11.8 Å². The Balaban J connectivity index is 2.24. The Labute approximate surface area is 94.5 Å². The smallest absolute Gasteiger partial charge is 0.189 e. The van der Waals surface area contributed by atoms with E-state index < -0.39 is 0 Å². The van der Waals surface area contributed by atoms with Gasteiger partial charge in [-0.3, -0.25) is 0 Å². The van der Waals surface area contributed by atoms with Crippen LogP contribution in [0.15, 0.2) is 11.4 Å². The van der Waals surface area contributed by atoms with Crippen molar-refractivity contribution in [3.8, 4) is 0 Å². The van der Waals surface area contributed by atoms with Crippen molar-refractivity contribution in [1.82, 2.24) is 15.3 Å². The molecular weight excluding hydrogens is 208 g/mol. The Kier molecular flexibility index (Phi) is 3.43. The van der Waals surface area contributed by atoms with E-state index in [9.17, 15) is 0 Å². The third-order valence-electron chi connectivity index (χ3n) is 2.52. The van der Waals surface area contributed by atoms with E-state index in [1.807, 2.05) is 12.5 Å². The maximum absolute atomic E-state index is 4.56. The summed E-state index contributed by atoms with van der Waals surface area (Å²) in [7, 11) is 0. The van der Waals surface area contributed by atoms with Gasteiger partial charge in [0.15, 0.2) is 5.16 Å². The zero-order valence-corrected chi connectivity index (χ0v) is 9.97. The fourth-order valence-corrected chi connectivity index (χ4v) is 2.05. The fraction of sp³-hybridized carbons (Fsp3) is 0.600. The van der Waals surface area contributed by atoms with E-state index in [4.69, 9.17) is 0 Å². The monoisotopic (exact) mass is 224 g/mol. The average molecular weight is 224 g/mol. The third-order valence-corrected chi connectivity index (χ3v) is 3.08. The summed E-state index contributed by atoms with van der Waals surface area (Å²) in [6.07, 6.45) is 3.92. The normalized spacial score (nSPS) is 16.8. The molecule has 1 aliphatic heterocycles. The Morgan fingerprint density at radius 2 is 2.13 bits per heavy atom. The van der Waals surface area contributed by atoms with Crippen molar-refractivity contribution >= 4 is 17.6 Å². The number of aromatic nitrogens is 2. The molecule has 0 unspecified atom stereocenters. The Morgan fingerprint density at radius 1 is 1.40 bits per heavy atom. The van der Waals surface area contributed by atoms with E-state index in [-0.39, 0.29) is 0 Å². The van der Waals surface area contributed by atoms with Crippen LogP contribution in [0, 0.1) is 6.92 Å². The van der Waals surface area contributed by atoms with Crippen molar-refractivity contribution in [2.75, 3.05) is 37.3 Å². The summed E-state index contributed by atoms with van der Waals surface area (Å²) >= 11 is 1.59. The second-order valence-corrected chi connectivity index (χ2v) is 4.37. The molecule has 5 heteroatoms. The number of thioether (sulfide) groups is 1. The Morgan fingerprint density at radius 3 is 2.80 bits per heavy atom. The molecule has 2 rings (SSSR count). The number of rotatable bonds is 2. The zero-order valence-electron chi connectivity index (χ0n) is 9.16. The van der Waals surface area contributed by atoms with Crippen LogP contribution in [0.4, 0.5) is 5.82 Å². The van der Waals surface area contributed by atoms with Gasteiger partial charge in [0.05, 0.1) is 0 Å². The molecule has 82 valence electrons. The van der Waals surface area contributed by atoms with Crippen LogP contribution in [0.1, 0.15) is 5.56 Å². The third kappa shape index (κ3) is 2.41. The van der Waals surface area contributed by atoms with Gasteiger partial charge in [-0.1, -0.05) is 11.8 Å². The zero-order chi connectivity index (χ0) is 10.7. The molecule has 0 radical (unpaired) electrons. The maximum Gasteiger partial charge on any atom is 0.189 e. The van der Waals surface area contributed by atoms with Gasteiger partial charge in [-0.05, 0) is 13.2 Å². The van der Waals surface area contributed by atoms with Crippen LogP contribution in [-0.2, 0) is 0 Å². The summed E-state index contributed by atoms with van der Waals surface area (Å²) in [4.78, 5) is 11.2. The van der Waals surface area contributed by atoms with Gasteiger partial charge >= 0.3 is 0 Å². The molecule has 0 bridgehead atoms. The summed E-state index contributed by atoms with van der Waals surface area (Å²) in [5, 5.41) is 4.20. The number of anilines is 1. The minimum atomic E-state index is 0.856. The number of piperazine rings is 1. The molecule has 1 fully saturated rings. The topological polar surface area (TPSA) is 41.1 Å². The van der Waals surface area contributed by atoms with Gasteiger partial charge in [-0.2, -0.15) is 0 Å². The first-order chi connectivity index (χ1) is 7.31. The van der Waals surface area contributed by atoms with Gasteiger partial charge < -0.3 is 10.2 Å². The minimum Gasteiger partial charge on any atom is -0.354 e. The first kappa shape index (κ1) is 10.7. The predicted molar refractivity (Wildman–Crippen MR) is 63.6 cm³/mol. The lowest BCUT2D eigenvalue weighted by molar-refractivity contribution is 0.581. The van der Waals surface area contributed by atoms with Crippen molar-refractivity contribution in [3.05, 3.63) is 11.8 Å². The molecule has 4 nitrogen and oxygen atoms in total. The van der Waals surface area contributed by atoms with Gasteiger partial charge in [0, 0.05) is 37.9 Å². The van der Waals surface area contributed by atoms with E-state index in [2.05, 4.69) is 27.1 Å². The van der Waals surface area contributed by atoms with Crippen LogP contribution in [-0.4, -0.2) is 42.4 Å². The quantitative estimate of drug-likeness (QED) is 0.597. The molecule has 1 aliphatic rings.